The van der Waals surface area contributed by atoms with Crippen molar-refractivity contribution in [2.45, 2.75) is 56.6 Å². The maximum absolute atomic E-state index is 14.3. The van der Waals surface area contributed by atoms with Crippen LogP contribution in [-0.4, -0.2) is 63.2 Å². The molecule has 2 aromatic carbocycles. The fourth-order valence-electron chi connectivity index (χ4n) is 5.88. The van der Waals surface area contributed by atoms with Gasteiger partial charge in [0.2, 0.25) is 17.6 Å². The summed E-state index contributed by atoms with van der Waals surface area (Å²) in [5, 5.41) is 4.24. The van der Waals surface area contributed by atoms with Crippen LogP contribution in [0.4, 0.5) is 5.95 Å². The number of rotatable bonds is 9. The quantitative estimate of drug-likeness (QED) is 0.179. The third-order valence-corrected chi connectivity index (χ3v) is 9.63. The number of nitrogens with one attached hydrogen (secondary N) is 2. The highest BCUT2D eigenvalue weighted by molar-refractivity contribution is 7.52. The number of aromatic nitrogens is 4. The zero-order valence-electron chi connectivity index (χ0n) is 24.4. The lowest BCUT2D eigenvalue weighted by atomic mass is 10.1. The van der Waals surface area contributed by atoms with E-state index in [0.29, 0.717) is 24.0 Å². The molecule has 45 heavy (non-hydrogen) atoms. The van der Waals surface area contributed by atoms with E-state index < -0.39 is 43.3 Å². The lowest BCUT2D eigenvalue weighted by Crippen LogP contribution is -2.37. The summed E-state index contributed by atoms with van der Waals surface area (Å²) in [7, 11) is -3.04. The Morgan fingerprint density at radius 3 is 2.82 bits per heavy atom. The average molecular weight is 639 g/mol. The molecule has 4 atom stereocenters. The molecule has 2 fully saturated rings. The second-order valence-corrected chi connectivity index (χ2v) is 12.8. The van der Waals surface area contributed by atoms with Crippen molar-refractivity contribution in [1.82, 2.24) is 24.6 Å². The van der Waals surface area contributed by atoms with Gasteiger partial charge in [-0.3, -0.25) is 19.1 Å². The maximum Gasteiger partial charge on any atom is 0.459 e. The monoisotopic (exact) mass is 638 g/mol. The highest BCUT2D eigenvalue weighted by Gasteiger charge is 2.56. The zero-order chi connectivity index (χ0) is 31.3. The summed E-state index contributed by atoms with van der Waals surface area (Å²) in [4.78, 5) is 35.6. The van der Waals surface area contributed by atoms with E-state index in [9.17, 15) is 14.2 Å². The molecule has 4 heterocycles. The molecule has 1 spiro atoms. The molecule has 2 aliphatic heterocycles. The largest absolute Gasteiger partial charge is 0.468 e. The van der Waals surface area contributed by atoms with E-state index in [1.165, 1.54) is 24.9 Å². The number of H-pyrrole nitrogens is 1. The van der Waals surface area contributed by atoms with Crippen LogP contribution in [0.1, 0.15) is 32.6 Å². The van der Waals surface area contributed by atoms with Gasteiger partial charge in [0.1, 0.15) is 18.1 Å². The van der Waals surface area contributed by atoms with E-state index in [1.807, 2.05) is 30.3 Å². The minimum absolute atomic E-state index is 0.0561. The number of imidazole rings is 1. The highest BCUT2D eigenvalue weighted by atomic mass is 31.2. The number of ether oxygens (including phenoxy) is 4. The Hall–Kier alpha value is -4.43. The lowest BCUT2D eigenvalue weighted by Gasteiger charge is -2.27. The van der Waals surface area contributed by atoms with Gasteiger partial charge in [0.15, 0.2) is 29.1 Å². The molecule has 2 unspecified atom stereocenters. The second kappa shape index (κ2) is 11.2. The Labute approximate surface area is 256 Å². The number of carbonyl (C=O) groups is 1. The first-order valence-electron chi connectivity index (χ1n) is 14.5. The van der Waals surface area contributed by atoms with E-state index >= 15 is 0 Å². The van der Waals surface area contributed by atoms with Crippen molar-refractivity contribution >= 4 is 47.5 Å². The van der Waals surface area contributed by atoms with Gasteiger partial charge in [-0.05, 0) is 31.2 Å². The van der Waals surface area contributed by atoms with Crippen LogP contribution in [0.2, 0.25) is 0 Å². The van der Waals surface area contributed by atoms with Crippen molar-refractivity contribution in [3.8, 4) is 5.75 Å². The van der Waals surface area contributed by atoms with Gasteiger partial charge in [-0.2, -0.15) is 10.1 Å². The van der Waals surface area contributed by atoms with Gasteiger partial charge in [0.05, 0.1) is 13.7 Å². The molecule has 0 amide bonds. The number of anilines is 1. The number of aromatic amines is 1. The first-order valence-corrected chi connectivity index (χ1v) is 16.0. The molecule has 1 aliphatic carbocycles. The number of benzene rings is 2. The molecular formula is C29H31N6O9P. The molecule has 0 bridgehead atoms. The number of hydrogen-bond acceptors (Lipinski definition) is 12. The minimum Gasteiger partial charge on any atom is -0.468 e. The highest BCUT2D eigenvalue weighted by Crippen LogP contribution is 2.51. The number of fused-ring (bicyclic) bond motifs is 3. The first-order chi connectivity index (χ1) is 21.7. The molecule has 7 rings (SSSR count). The molecule has 4 N–H and O–H groups in total. The van der Waals surface area contributed by atoms with Gasteiger partial charge < -0.3 is 29.2 Å². The normalized spacial score (nSPS) is 22.3. The number of methoxy groups -OCH3 is 1. The zero-order valence-corrected chi connectivity index (χ0v) is 25.3. The minimum atomic E-state index is -4.26. The number of nitrogens with two attached hydrogens (primary N) is 1. The lowest BCUT2D eigenvalue weighted by molar-refractivity contribution is -0.174. The van der Waals surface area contributed by atoms with Crippen molar-refractivity contribution < 1.29 is 37.4 Å². The molecule has 15 nitrogen and oxygen atoms in total. The summed E-state index contributed by atoms with van der Waals surface area (Å²) >= 11 is 0. The van der Waals surface area contributed by atoms with Crippen LogP contribution in [-0.2, 0) is 32.8 Å². The van der Waals surface area contributed by atoms with Crippen LogP contribution in [0.25, 0.3) is 27.8 Å². The summed E-state index contributed by atoms with van der Waals surface area (Å²) in [5.74, 6) is -0.759. The smallest absolute Gasteiger partial charge is 0.459 e. The Morgan fingerprint density at radius 1 is 1.24 bits per heavy atom. The standard InChI is InChI=1S/C29H31N6O9P/c1-16(27(37)39-2)34-45(38,44-19-11-7-9-17-8-3-4-10-18(17)19)40-14-20-22-23(43-29(42-22)12-5-6-13-29)26(41-20)35-15-31-21-24(35)32-28(30)33-25(21)36/h3-4,7-11,15-16,20,22H,5-6,12-14H2,1-2H3,(H,34,38)(H3,30,32,33,36)/t16-,20+,22?,45?/m0/s1. The summed E-state index contributed by atoms with van der Waals surface area (Å²) < 4.78 is 51.8. The number of carbonyl (C=O) groups excluding carboxylic acids is 1. The SMILES string of the molecule is COC(=O)[C@H](C)NP(=O)(OC[C@H]1OC(n2cnc3c(=O)[nH]c(N)nc32)=C2OC3(CCCC3)OC21)Oc1cccc2ccccc12. The van der Waals surface area contributed by atoms with Gasteiger partial charge in [0.25, 0.3) is 5.56 Å². The van der Waals surface area contributed by atoms with Crippen LogP contribution in [0, 0.1) is 0 Å². The predicted molar refractivity (Wildman–Crippen MR) is 161 cm³/mol. The van der Waals surface area contributed by atoms with Crippen molar-refractivity contribution in [3.05, 3.63) is 64.9 Å². The summed E-state index contributed by atoms with van der Waals surface area (Å²) in [6.45, 7) is 1.18. The molecule has 16 heteroatoms. The average Bonchev–Trinajstić information content (AvgIpc) is 3.81. The summed E-state index contributed by atoms with van der Waals surface area (Å²) in [6, 6.07) is 11.7. The van der Waals surface area contributed by atoms with Crippen LogP contribution in [0.5, 0.6) is 5.75 Å². The van der Waals surface area contributed by atoms with Crippen molar-refractivity contribution in [2.24, 2.45) is 0 Å². The number of hydrogen-bond donors (Lipinski definition) is 3. The molecular weight excluding hydrogens is 607 g/mol. The molecule has 0 radical (unpaired) electrons. The number of nitrogens with zero attached hydrogens (tertiary/aromatic N) is 3. The van der Waals surface area contributed by atoms with Crippen molar-refractivity contribution in [1.29, 1.82) is 0 Å². The third kappa shape index (κ3) is 5.31. The Bertz CT molecular complexity index is 1930. The van der Waals surface area contributed by atoms with E-state index in [2.05, 4.69) is 20.0 Å². The molecule has 4 aromatic rings. The number of esters is 1. The van der Waals surface area contributed by atoms with E-state index in [-0.39, 0.29) is 35.4 Å². The Morgan fingerprint density at radius 2 is 2.02 bits per heavy atom. The van der Waals surface area contributed by atoms with E-state index in [1.54, 1.807) is 12.1 Å². The molecule has 2 aromatic heterocycles. The summed E-state index contributed by atoms with van der Waals surface area (Å²) in [5.41, 5.74) is 5.53. The maximum atomic E-state index is 14.3. The van der Waals surface area contributed by atoms with Crippen LogP contribution in [0.15, 0.2) is 59.3 Å². The van der Waals surface area contributed by atoms with Crippen LogP contribution in [0.3, 0.4) is 0 Å². The second-order valence-electron chi connectivity index (χ2n) is 11.1. The van der Waals surface area contributed by atoms with Crippen LogP contribution >= 0.6 is 7.75 Å². The van der Waals surface area contributed by atoms with Gasteiger partial charge in [0, 0.05) is 18.2 Å². The Balaban J connectivity index is 1.21. The molecule has 236 valence electrons. The molecule has 1 saturated carbocycles. The third-order valence-electron chi connectivity index (χ3n) is 8.00. The predicted octanol–water partition coefficient (Wildman–Crippen LogP) is 3.42. The van der Waals surface area contributed by atoms with Crippen LogP contribution < -0.4 is 20.9 Å². The molecule has 1 saturated heterocycles. The number of nitrogen functional groups attached to an aromatic ring is 1. The summed E-state index contributed by atoms with van der Waals surface area (Å²) in [6.07, 6.45) is 2.94. The van der Waals surface area contributed by atoms with E-state index in [0.717, 1.165) is 18.2 Å². The van der Waals surface area contributed by atoms with Gasteiger partial charge >= 0.3 is 13.7 Å². The van der Waals surface area contributed by atoms with E-state index in [4.69, 9.17) is 33.7 Å². The first kappa shape index (κ1) is 29.3. The fourth-order valence-corrected chi connectivity index (χ4v) is 7.40. The fraction of sp³-hybridized carbons (Fsp3) is 0.379. The van der Waals surface area contributed by atoms with Crippen molar-refractivity contribution in [2.75, 3.05) is 19.5 Å². The van der Waals surface area contributed by atoms with Gasteiger partial charge in [-0.25, -0.2) is 14.1 Å². The van der Waals surface area contributed by atoms with Crippen molar-refractivity contribution in [3.63, 3.8) is 0 Å². The topological polar surface area (TPSA) is 191 Å². The molecule has 3 aliphatic rings. The Kier molecular flexibility index (Phi) is 7.28. The van der Waals surface area contributed by atoms with Gasteiger partial charge in [-0.15, -0.1) is 0 Å². The van der Waals surface area contributed by atoms with Gasteiger partial charge in [-0.1, -0.05) is 36.4 Å².